The number of benzene rings is 2. The largest absolute Gasteiger partial charge is 0.0654 e. The van der Waals surface area contributed by atoms with E-state index in [9.17, 15) is 0 Å². The van der Waals surface area contributed by atoms with Gasteiger partial charge in [0, 0.05) is 5.41 Å². The van der Waals surface area contributed by atoms with Crippen LogP contribution in [0.1, 0.15) is 68.6 Å². The van der Waals surface area contributed by atoms with Crippen LogP contribution in [-0.4, -0.2) is 0 Å². The first-order valence-corrected chi connectivity index (χ1v) is 9.09. The summed E-state index contributed by atoms with van der Waals surface area (Å²) in [5.74, 6) is 0. The lowest BCUT2D eigenvalue weighted by atomic mass is 9.66. The fourth-order valence-electron chi connectivity index (χ4n) is 4.95. The standard InChI is InChI=1S/C22H26/c1-2-3-4-7-15-22-16-9-11-17-10-8-13-19(21(17)22)18-12-5-6-14-20(18)22/h5-6,8,10,12-14H,2-4,7,9,11,15-16H2,1H3. The van der Waals surface area contributed by atoms with Crippen molar-refractivity contribution in [1.82, 2.24) is 0 Å². The molecule has 2 aromatic rings. The van der Waals surface area contributed by atoms with Crippen LogP contribution >= 0.6 is 0 Å². The minimum Gasteiger partial charge on any atom is -0.0654 e. The van der Waals surface area contributed by atoms with E-state index in [-0.39, 0.29) is 0 Å². The van der Waals surface area contributed by atoms with Gasteiger partial charge >= 0.3 is 0 Å². The Balaban J connectivity index is 1.82. The maximum atomic E-state index is 2.41. The van der Waals surface area contributed by atoms with E-state index >= 15 is 0 Å². The Morgan fingerprint density at radius 2 is 1.77 bits per heavy atom. The van der Waals surface area contributed by atoms with Crippen molar-refractivity contribution in [2.75, 3.05) is 0 Å². The summed E-state index contributed by atoms with van der Waals surface area (Å²) >= 11 is 0. The molecule has 0 bridgehead atoms. The Bertz CT molecular complexity index is 682. The van der Waals surface area contributed by atoms with Crippen LogP contribution in [0.3, 0.4) is 0 Å². The Morgan fingerprint density at radius 1 is 0.909 bits per heavy atom. The van der Waals surface area contributed by atoms with Gasteiger partial charge in [-0.25, -0.2) is 0 Å². The van der Waals surface area contributed by atoms with Gasteiger partial charge in [-0.15, -0.1) is 0 Å². The van der Waals surface area contributed by atoms with Crippen molar-refractivity contribution in [1.29, 1.82) is 0 Å². The van der Waals surface area contributed by atoms with Crippen molar-refractivity contribution in [2.45, 2.75) is 63.7 Å². The highest BCUT2D eigenvalue weighted by Gasteiger charge is 2.45. The summed E-state index contributed by atoms with van der Waals surface area (Å²) in [5.41, 5.74) is 8.30. The number of fused-ring (bicyclic) bond motifs is 3. The third kappa shape index (κ3) is 1.96. The van der Waals surface area contributed by atoms with Crippen molar-refractivity contribution < 1.29 is 0 Å². The Hall–Kier alpha value is -1.56. The first kappa shape index (κ1) is 14.1. The van der Waals surface area contributed by atoms with E-state index < -0.39 is 0 Å². The molecule has 0 radical (unpaired) electrons. The molecule has 0 saturated carbocycles. The number of unbranched alkanes of at least 4 members (excludes halogenated alkanes) is 3. The highest BCUT2D eigenvalue weighted by Crippen LogP contribution is 2.57. The SMILES string of the molecule is CCCCCCC12CCCc3cccc(c31)-c1ccccc12. The molecule has 2 aliphatic carbocycles. The third-order valence-corrected chi connectivity index (χ3v) is 5.87. The molecule has 114 valence electrons. The highest BCUT2D eigenvalue weighted by atomic mass is 14.5. The number of hydrogen-bond acceptors (Lipinski definition) is 0. The predicted octanol–water partition coefficient (Wildman–Crippen LogP) is 6.26. The van der Waals surface area contributed by atoms with Crippen molar-refractivity contribution in [3.8, 4) is 11.1 Å². The molecule has 0 amide bonds. The average Bonchev–Trinajstić information content (AvgIpc) is 2.86. The lowest BCUT2D eigenvalue weighted by molar-refractivity contribution is 0.389. The molecule has 0 N–H and O–H groups in total. The Labute approximate surface area is 134 Å². The first-order valence-electron chi connectivity index (χ1n) is 9.09. The molecule has 0 saturated heterocycles. The van der Waals surface area contributed by atoms with Gasteiger partial charge in [0.1, 0.15) is 0 Å². The quantitative estimate of drug-likeness (QED) is 0.570. The topological polar surface area (TPSA) is 0 Å². The van der Waals surface area contributed by atoms with E-state index in [0.29, 0.717) is 5.41 Å². The number of rotatable bonds is 5. The van der Waals surface area contributed by atoms with E-state index in [1.165, 1.54) is 62.5 Å². The van der Waals surface area contributed by atoms with Gasteiger partial charge in [-0.1, -0.05) is 75.1 Å². The summed E-state index contributed by atoms with van der Waals surface area (Å²) in [6.45, 7) is 2.30. The minimum atomic E-state index is 0.328. The molecule has 0 heteroatoms. The second kappa shape index (κ2) is 5.57. The molecule has 0 aromatic heterocycles. The van der Waals surface area contributed by atoms with Crippen LogP contribution in [0, 0.1) is 0 Å². The van der Waals surface area contributed by atoms with Crippen molar-refractivity contribution in [3.05, 3.63) is 59.2 Å². The highest BCUT2D eigenvalue weighted by molar-refractivity contribution is 5.82. The molecule has 0 spiro atoms. The van der Waals surface area contributed by atoms with Gasteiger partial charge in [0.15, 0.2) is 0 Å². The van der Waals surface area contributed by atoms with Gasteiger partial charge in [0.05, 0.1) is 0 Å². The number of hydrogen-bond donors (Lipinski definition) is 0. The van der Waals surface area contributed by atoms with Gasteiger partial charge in [-0.3, -0.25) is 0 Å². The van der Waals surface area contributed by atoms with Crippen LogP contribution in [0.2, 0.25) is 0 Å². The summed E-state index contributed by atoms with van der Waals surface area (Å²) in [5, 5.41) is 0. The van der Waals surface area contributed by atoms with Gasteiger partial charge in [-0.05, 0) is 53.5 Å². The summed E-state index contributed by atoms with van der Waals surface area (Å²) in [6, 6.07) is 16.2. The Kier molecular flexibility index (Phi) is 3.56. The summed E-state index contributed by atoms with van der Waals surface area (Å²) in [7, 11) is 0. The van der Waals surface area contributed by atoms with E-state index in [0.717, 1.165) is 0 Å². The molecule has 2 aromatic carbocycles. The molecule has 4 rings (SSSR count). The summed E-state index contributed by atoms with van der Waals surface area (Å²) < 4.78 is 0. The maximum Gasteiger partial charge on any atom is 0.0218 e. The maximum absolute atomic E-state index is 2.41. The molecule has 2 aliphatic rings. The van der Waals surface area contributed by atoms with Crippen LogP contribution in [-0.2, 0) is 11.8 Å². The predicted molar refractivity (Wildman–Crippen MR) is 94.4 cm³/mol. The zero-order chi connectivity index (χ0) is 15.0. The van der Waals surface area contributed by atoms with E-state index in [1.807, 2.05) is 0 Å². The monoisotopic (exact) mass is 290 g/mol. The van der Waals surface area contributed by atoms with E-state index in [1.54, 1.807) is 16.7 Å². The molecular formula is C22H26. The van der Waals surface area contributed by atoms with Crippen LogP contribution < -0.4 is 0 Å². The van der Waals surface area contributed by atoms with E-state index in [4.69, 9.17) is 0 Å². The normalized spacial score (nSPS) is 21.5. The van der Waals surface area contributed by atoms with Gasteiger partial charge in [-0.2, -0.15) is 0 Å². The minimum absolute atomic E-state index is 0.328. The zero-order valence-electron chi connectivity index (χ0n) is 13.7. The molecule has 0 fully saturated rings. The third-order valence-electron chi connectivity index (χ3n) is 5.87. The molecule has 1 unspecified atom stereocenters. The van der Waals surface area contributed by atoms with Gasteiger partial charge in [0.2, 0.25) is 0 Å². The van der Waals surface area contributed by atoms with Crippen LogP contribution in [0.25, 0.3) is 11.1 Å². The second-order valence-electron chi connectivity index (χ2n) is 7.13. The average molecular weight is 290 g/mol. The van der Waals surface area contributed by atoms with E-state index in [2.05, 4.69) is 49.4 Å². The van der Waals surface area contributed by atoms with Gasteiger partial charge < -0.3 is 0 Å². The second-order valence-corrected chi connectivity index (χ2v) is 7.13. The van der Waals surface area contributed by atoms with Crippen molar-refractivity contribution >= 4 is 0 Å². The van der Waals surface area contributed by atoms with Crippen LogP contribution in [0.15, 0.2) is 42.5 Å². The molecule has 0 nitrogen and oxygen atoms in total. The molecule has 0 aliphatic heterocycles. The van der Waals surface area contributed by atoms with Gasteiger partial charge in [0.25, 0.3) is 0 Å². The fourth-order valence-corrected chi connectivity index (χ4v) is 4.95. The fraction of sp³-hybridized carbons (Fsp3) is 0.455. The Morgan fingerprint density at radius 3 is 2.68 bits per heavy atom. The molecule has 1 atom stereocenters. The smallest absolute Gasteiger partial charge is 0.0218 e. The molecular weight excluding hydrogens is 264 g/mol. The summed E-state index contributed by atoms with van der Waals surface area (Å²) in [6.07, 6.45) is 10.8. The van der Waals surface area contributed by atoms with Crippen molar-refractivity contribution in [3.63, 3.8) is 0 Å². The molecule has 22 heavy (non-hydrogen) atoms. The van der Waals surface area contributed by atoms with Crippen LogP contribution in [0.5, 0.6) is 0 Å². The lowest BCUT2D eigenvalue weighted by Crippen LogP contribution is -2.30. The van der Waals surface area contributed by atoms with Crippen molar-refractivity contribution in [2.24, 2.45) is 0 Å². The number of aryl methyl sites for hydroxylation is 1. The lowest BCUT2D eigenvalue weighted by Gasteiger charge is -2.37. The first-order chi connectivity index (χ1) is 10.9. The van der Waals surface area contributed by atoms with Crippen LogP contribution in [0.4, 0.5) is 0 Å². The molecule has 0 heterocycles. The zero-order valence-corrected chi connectivity index (χ0v) is 13.7. The summed E-state index contributed by atoms with van der Waals surface area (Å²) in [4.78, 5) is 0.